The Bertz CT molecular complexity index is 6930. The molecular weight excluding hydrogens is 1880 g/mol. The Balaban J connectivity index is 0.000000125. The molecular formula is C97H94Cl8N26O4. The minimum atomic E-state index is -0.398. The smallest absolute Gasteiger partial charge is 0.282 e. The van der Waals surface area contributed by atoms with Gasteiger partial charge in [0.2, 0.25) is 29.2 Å². The van der Waals surface area contributed by atoms with Crippen molar-refractivity contribution in [3.05, 3.63) is 293 Å². The van der Waals surface area contributed by atoms with Gasteiger partial charge in [0, 0.05) is 213 Å². The summed E-state index contributed by atoms with van der Waals surface area (Å²) in [7, 11) is 3.70. The van der Waals surface area contributed by atoms with Crippen LogP contribution in [0.4, 0.5) is 80.8 Å². The molecule has 20 rings (SSSR count). The molecule has 4 fully saturated rings. The zero-order chi connectivity index (χ0) is 94.4. The highest BCUT2D eigenvalue weighted by molar-refractivity contribution is 6.41. The topological polar surface area (TPSA) is 315 Å². The molecule has 0 radical (unpaired) electrons. The molecule has 1 amide bonds. The zero-order valence-corrected chi connectivity index (χ0v) is 80.7. The van der Waals surface area contributed by atoms with Crippen LogP contribution >= 0.6 is 92.8 Å². The molecule has 8 aromatic carbocycles. The van der Waals surface area contributed by atoms with Crippen molar-refractivity contribution in [3.8, 4) is 22.5 Å². The van der Waals surface area contributed by atoms with E-state index in [9.17, 15) is 19.2 Å². The van der Waals surface area contributed by atoms with E-state index in [2.05, 4.69) is 183 Å². The van der Waals surface area contributed by atoms with Crippen LogP contribution in [0.3, 0.4) is 0 Å². The Morgan fingerprint density at radius 3 is 1.18 bits per heavy atom. The lowest BCUT2D eigenvalue weighted by atomic mass is 10.1. The van der Waals surface area contributed by atoms with E-state index in [0.29, 0.717) is 136 Å². The van der Waals surface area contributed by atoms with Crippen LogP contribution in [0.5, 0.6) is 0 Å². The number of hydrogen-bond donors (Lipinski definition) is 8. The van der Waals surface area contributed by atoms with E-state index in [1.807, 2.05) is 50.2 Å². The Morgan fingerprint density at radius 1 is 0.363 bits per heavy atom. The fraction of sp³-hybridized carbons (Fsp3) is 0.247. The van der Waals surface area contributed by atoms with Crippen LogP contribution in [0.25, 0.3) is 55.3 Å². The molecule has 0 bridgehead atoms. The minimum absolute atomic E-state index is 0.217. The Hall–Kier alpha value is -12.5. The number of aryl methyl sites for hydroxylation is 6. The van der Waals surface area contributed by atoms with Crippen molar-refractivity contribution in [3.63, 3.8) is 0 Å². The molecule has 12 heterocycles. The van der Waals surface area contributed by atoms with E-state index in [4.69, 9.17) is 92.8 Å². The first-order valence-corrected chi connectivity index (χ1v) is 46.8. The van der Waals surface area contributed by atoms with Crippen LogP contribution in [0.2, 0.25) is 40.2 Å². The van der Waals surface area contributed by atoms with Crippen molar-refractivity contribution in [2.24, 2.45) is 7.05 Å². The van der Waals surface area contributed by atoms with Crippen molar-refractivity contribution in [2.45, 2.75) is 34.6 Å². The van der Waals surface area contributed by atoms with E-state index in [0.717, 1.165) is 133 Å². The molecule has 8 N–H and O–H groups in total. The van der Waals surface area contributed by atoms with Crippen molar-refractivity contribution in [1.29, 1.82) is 0 Å². The van der Waals surface area contributed by atoms with Gasteiger partial charge in [-0.25, -0.2) is 29.9 Å². The summed E-state index contributed by atoms with van der Waals surface area (Å²) in [6.07, 6.45) is 11.0. The first kappa shape index (κ1) is 94.2. The fourth-order valence-electron chi connectivity index (χ4n) is 17.1. The van der Waals surface area contributed by atoms with Gasteiger partial charge in [-0.3, -0.25) is 28.6 Å². The fourth-order valence-corrected chi connectivity index (χ4v) is 19.4. The number of rotatable bonds is 16. The van der Waals surface area contributed by atoms with Gasteiger partial charge in [0.1, 0.15) is 28.2 Å². The third-order valence-electron chi connectivity index (χ3n) is 23.8. The molecule has 0 saturated carbocycles. The van der Waals surface area contributed by atoms with Gasteiger partial charge in [-0.05, 0) is 184 Å². The van der Waals surface area contributed by atoms with Crippen molar-refractivity contribution >= 4 is 212 Å². The second kappa shape index (κ2) is 41.8. The molecule has 30 nitrogen and oxygen atoms in total. The monoisotopic (exact) mass is 1970 g/mol. The number of piperazine rings is 4. The second-order valence-corrected chi connectivity index (χ2v) is 36.2. The molecule has 5 aliphatic heterocycles. The highest BCUT2D eigenvalue weighted by atomic mass is 35.5. The summed E-state index contributed by atoms with van der Waals surface area (Å²) in [5.41, 5.74) is 17.2. The minimum Gasteiger partial charge on any atom is -0.369 e. The normalized spacial score (nSPS) is 14.5. The van der Waals surface area contributed by atoms with Crippen molar-refractivity contribution in [2.75, 3.05) is 169 Å². The summed E-state index contributed by atoms with van der Waals surface area (Å²) in [5.74, 6) is 1.96. The number of hydrogen-bond acceptors (Lipinski definition) is 26. The van der Waals surface area contributed by atoms with Gasteiger partial charge in [-0.1, -0.05) is 117 Å². The molecule has 135 heavy (non-hydrogen) atoms. The number of para-hydroxylation sites is 3. The highest BCUT2D eigenvalue weighted by Crippen LogP contribution is 2.41. The summed E-state index contributed by atoms with van der Waals surface area (Å²) in [4.78, 5) is 102. The summed E-state index contributed by atoms with van der Waals surface area (Å²) in [6, 6.07) is 45.4. The van der Waals surface area contributed by atoms with E-state index in [1.165, 1.54) is 66.6 Å². The quantitative estimate of drug-likeness (QED) is 0.0446. The number of nitrogens with one attached hydrogen (secondary N) is 8. The first-order valence-electron chi connectivity index (χ1n) is 43.8. The average molecular weight is 1970 g/mol. The molecule has 4 saturated heterocycles. The number of fused-ring (bicyclic) bond motifs is 4. The molecule has 0 atom stereocenters. The van der Waals surface area contributed by atoms with Crippen LogP contribution in [0, 0.1) is 34.6 Å². The summed E-state index contributed by atoms with van der Waals surface area (Å²) in [5, 5.41) is 35.0. The SMILES string of the molecule is Cc1cc(Nc2ncc3c(=O)c(-c4c(Cl)cccc4Cl)cn(C)c3n2)ccc1N1CCNCC1.Cc1cc(Nc2ncc3c(=O)n(-c4c(Cl)cccc4Cl)cc(C)c3n2)ccc1N1CCNCC1.Cc1cc(Nc2ncc3c(=O)n(-c4c(Cl)cccc4Cl)ncc3n2)ccc1N1CCNCC1.Cc1cc(Nc2ncc3c(n2)N(C)CN(c2c(Cl)cccc2Cl)C3=O)ccc1N1CCNCC1. The zero-order valence-electron chi connectivity index (χ0n) is 74.6. The Morgan fingerprint density at radius 2 is 0.741 bits per heavy atom. The second-order valence-electron chi connectivity index (χ2n) is 33.0. The van der Waals surface area contributed by atoms with Crippen LogP contribution < -0.4 is 88.5 Å². The number of halogens is 8. The van der Waals surface area contributed by atoms with E-state index < -0.39 is 5.56 Å². The Labute approximate surface area is 817 Å². The maximum absolute atomic E-state index is 13.2. The first-order chi connectivity index (χ1) is 65.3. The number of carbonyl (C=O) groups excluding carboxylic acids is 1. The Kier molecular flexibility index (Phi) is 29.2. The third-order valence-corrected chi connectivity index (χ3v) is 26.2. The molecule has 692 valence electrons. The molecule has 5 aliphatic rings. The van der Waals surface area contributed by atoms with Gasteiger partial charge < -0.3 is 71.6 Å². The summed E-state index contributed by atoms with van der Waals surface area (Å²) < 4.78 is 4.41. The summed E-state index contributed by atoms with van der Waals surface area (Å²) >= 11 is 50.6. The van der Waals surface area contributed by atoms with Crippen molar-refractivity contribution < 1.29 is 4.79 Å². The average Bonchev–Trinajstić information content (AvgIpc) is 0.755. The van der Waals surface area contributed by atoms with Crippen LogP contribution in [-0.4, -0.2) is 183 Å². The van der Waals surface area contributed by atoms with Gasteiger partial charge in [0.25, 0.3) is 17.0 Å². The standard InChI is InChI=1S/2C25H24Cl2N6O.C24H25Cl2N7O.C23H21Cl2N7O/c1-15-12-16(6-7-21(15)33-10-8-28-9-11-33)30-25-29-13-17-23(34)18(14-32(2)24(17)31-25)22-19(26)4-3-5-20(22)27;1-15-12-17(6-7-21(15)32-10-8-28-9-11-32)30-25-29-13-18-22(31-25)16(2)14-33(24(18)34)23-19(26)4-3-5-20(23)27;1-15-12-16(6-7-20(15)32-10-8-27-9-11-32)29-24-28-13-17-22(30-24)31(2)14-33(23(17)34)21-18(25)4-3-5-19(21)26;1-14-11-15(5-6-20(14)31-9-7-26-8-10-31)29-23-27-12-16-19(30-23)13-28-32(22(16)33)21-17(24)3-2-4-18(21)25/h2*3-7,12-14,28H,8-11H2,1-2H3,(H,29,30,31);3-7,12-13,27H,8-11,14H2,1-2H3,(H,28,29,30);2-6,11-13,26H,7-10H2,1H3,(H,27,29,30). The summed E-state index contributed by atoms with van der Waals surface area (Å²) in [6.45, 7) is 26.5. The molecule has 38 heteroatoms. The van der Waals surface area contributed by atoms with Gasteiger partial charge in [-0.2, -0.15) is 19.7 Å². The molecule has 0 unspecified atom stereocenters. The number of carbonyl (C=O) groups is 1. The van der Waals surface area contributed by atoms with Gasteiger partial charge in [0.15, 0.2) is 0 Å². The predicted molar refractivity (Wildman–Crippen MR) is 550 cm³/mol. The number of pyridine rings is 2. The number of anilines is 14. The highest BCUT2D eigenvalue weighted by Gasteiger charge is 2.34. The number of nitrogens with zero attached hydrogens (tertiary/aromatic N) is 18. The van der Waals surface area contributed by atoms with E-state index in [-0.39, 0.29) is 23.6 Å². The van der Waals surface area contributed by atoms with Crippen LogP contribution in [0.1, 0.15) is 38.2 Å². The lowest BCUT2D eigenvalue weighted by Crippen LogP contribution is -2.46. The van der Waals surface area contributed by atoms with Crippen molar-refractivity contribution in [1.82, 2.24) is 80.1 Å². The number of benzene rings is 8. The maximum atomic E-state index is 13.2. The largest absolute Gasteiger partial charge is 0.369 e. The van der Waals surface area contributed by atoms with Crippen LogP contribution in [-0.2, 0) is 7.05 Å². The lowest BCUT2D eigenvalue weighted by molar-refractivity contribution is 0.0982. The van der Waals surface area contributed by atoms with Gasteiger partial charge >= 0.3 is 0 Å². The van der Waals surface area contributed by atoms with Gasteiger partial charge in [0.05, 0.1) is 86.1 Å². The molecule has 7 aromatic heterocycles. The number of amides is 1. The molecule has 0 aliphatic carbocycles. The van der Waals surface area contributed by atoms with E-state index in [1.54, 1.807) is 113 Å². The van der Waals surface area contributed by atoms with E-state index >= 15 is 0 Å². The number of aromatic nitrogens is 12. The maximum Gasteiger partial charge on any atom is 0.282 e. The molecule has 0 spiro atoms. The predicted octanol–water partition coefficient (Wildman–Crippen LogP) is 17.9. The lowest BCUT2D eigenvalue weighted by Gasteiger charge is -2.35. The van der Waals surface area contributed by atoms with Gasteiger partial charge in [-0.15, -0.1) is 0 Å². The third kappa shape index (κ3) is 20.8. The molecule has 15 aromatic rings. The van der Waals surface area contributed by atoms with Crippen LogP contribution in [0.15, 0.2) is 203 Å².